The van der Waals surface area contributed by atoms with Crippen molar-refractivity contribution in [2.45, 2.75) is 0 Å². The molecule has 0 aliphatic heterocycles. The van der Waals surface area contributed by atoms with Crippen LogP contribution in [0.3, 0.4) is 0 Å². The van der Waals surface area contributed by atoms with Gasteiger partial charge in [0.2, 0.25) is 0 Å². The van der Waals surface area contributed by atoms with E-state index in [1.807, 2.05) is 0 Å². The van der Waals surface area contributed by atoms with Gasteiger partial charge in [-0.2, -0.15) is 0 Å². The van der Waals surface area contributed by atoms with Crippen molar-refractivity contribution in [3.63, 3.8) is 0 Å². The number of para-hydroxylation sites is 4. The summed E-state index contributed by atoms with van der Waals surface area (Å²) in [5, 5.41) is 9.83. The summed E-state index contributed by atoms with van der Waals surface area (Å²) in [4.78, 5) is 2.54. The quantitative estimate of drug-likeness (QED) is 0.146. The second-order valence-corrected chi connectivity index (χ2v) is 16.0. The summed E-state index contributed by atoms with van der Waals surface area (Å²) in [6, 6.07) is 88.6. The lowest BCUT2D eigenvalue weighted by Gasteiger charge is -2.31. The number of rotatable bonds is 7. The van der Waals surface area contributed by atoms with E-state index >= 15 is 0 Å². The van der Waals surface area contributed by atoms with Gasteiger partial charge < -0.3 is 9.47 Å². The molecule has 0 amide bonds. The largest absolute Gasteiger partial charge is 0.309 e. The van der Waals surface area contributed by atoms with Gasteiger partial charge in [-0.3, -0.25) is 0 Å². The molecular formula is C60H40N2. The van der Waals surface area contributed by atoms with Crippen LogP contribution >= 0.6 is 0 Å². The van der Waals surface area contributed by atoms with Gasteiger partial charge in [-0.1, -0.05) is 200 Å². The van der Waals surface area contributed by atoms with Crippen LogP contribution in [0.4, 0.5) is 17.1 Å². The van der Waals surface area contributed by atoms with E-state index in [2.05, 4.69) is 252 Å². The summed E-state index contributed by atoms with van der Waals surface area (Å²) in [5.41, 5.74) is 13.9. The van der Waals surface area contributed by atoms with Gasteiger partial charge in [-0.05, 0) is 97.0 Å². The van der Waals surface area contributed by atoms with Crippen LogP contribution in [-0.2, 0) is 0 Å². The molecule has 0 fully saturated rings. The molecule has 290 valence electrons. The molecule has 2 heteroatoms. The zero-order valence-electron chi connectivity index (χ0n) is 34.0. The number of hydrogen-bond acceptors (Lipinski definition) is 1. The Morgan fingerprint density at radius 1 is 0.258 bits per heavy atom. The Balaban J connectivity index is 1.19. The average Bonchev–Trinajstić information content (AvgIpc) is 3.69. The first kappa shape index (κ1) is 35.7. The number of anilines is 3. The standard InChI is InChI=1S/C60H40N2/c1-3-19-41(20-4-1)46-30-15-22-43-23-16-33-52(59(43)46)51-28-10-13-35-55(51)62(58-38-18-37-57-60(58)53-29-11-14-36-56(53)61(57)44-24-5-2-6-25-44)54-34-12-9-27-50(54)48-32-17-31-47-45-26-8-7-21-42(45)39-40-49(47)48/h1-40H. The van der Waals surface area contributed by atoms with Crippen molar-refractivity contribution in [3.05, 3.63) is 243 Å². The Morgan fingerprint density at radius 3 is 1.56 bits per heavy atom. The lowest BCUT2D eigenvalue weighted by Crippen LogP contribution is -2.13. The smallest absolute Gasteiger partial charge is 0.0562 e. The molecule has 0 unspecified atom stereocenters. The maximum Gasteiger partial charge on any atom is 0.0562 e. The van der Waals surface area contributed by atoms with Crippen molar-refractivity contribution >= 4 is 71.2 Å². The molecule has 0 aliphatic carbocycles. The molecule has 62 heavy (non-hydrogen) atoms. The minimum absolute atomic E-state index is 1.10. The third kappa shape index (κ3) is 5.73. The normalized spacial score (nSPS) is 11.5. The third-order valence-electron chi connectivity index (χ3n) is 12.6. The molecule has 1 heterocycles. The first-order chi connectivity index (χ1) is 30.8. The highest BCUT2D eigenvalue weighted by molar-refractivity contribution is 6.19. The molecule has 11 aromatic carbocycles. The predicted molar refractivity (Wildman–Crippen MR) is 264 cm³/mol. The Morgan fingerprint density at radius 2 is 0.774 bits per heavy atom. The van der Waals surface area contributed by atoms with Crippen LogP contribution in [0, 0.1) is 0 Å². The molecule has 12 rings (SSSR count). The van der Waals surface area contributed by atoms with Crippen LogP contribution in [0.5, 0.6) is 0 Å². The van der Waals surface area contributed by atoms with E-state index in [0.29, 0.717) is 0 Å². The van der Waals surface area contributed by atoms with Crippen molar-refractivity contribution in [3.8, 4) is 39.1 Å². The topological polar surface area (TPSA) is 8.17 Å². The van der Waals surface area contributed by atoms with Crippen molar-refractivity contribution < 1.29 is 0 Å². The van der Waals surface area contributed by atoms with Crippen LogP contribution in [0.25, 0.3) is 93.2 Å². The molecule has 0 saturated carbocycles. The van der Waals surface area contributed by atoms with Crippen molar-refractivity contribution in [1.82, 2.24) is 4.57 Å². The van der Waals surface area contributed by atoms with Crippen LogP contribution in [-0.4, -0.2) is 4.57 Å². The van der Waals surface area contributed by atoms with Gasteiger partial charge in [0.25, 0.3) is 0 Å². The number of aromatic nitrogens is 1. The third-order valence-corrected chi connectivity index (χ3v) is 12.6. The van der Waals surface area contributed by atoms with Gasteiger partial charge in [-0.25, -0.2) is 0 Å². The minimum atomic E-state index is 1.10. The zero-order chi connectivity index (χ0) is 41.0. The molecule has 0 spiro atoms. The summed E-state index contributed by atoms with van der Waals surface area (Å²) in [5.74, 6) is 0. The highest BCUT2D eigenvalue weighted by Crippen LogP contribution is 2.51. The van der Waals surface area contributed by atoms with E-state index in [-0.39, 0.29) is 0 Å². The molecule has 0 aliphatic rings. The number of hydrogen-bond donors (Lipinski definition) is 0. The Labute approximate surface area is 360 Å². The summed E-state index contributed by atoms with van der Waals surface area (Å²) in [7, 11) is 0. The van der Waals surface area contributed by atoms with E-state index in [4.69, 9.17) is 0 Å². The van der Waals surface area contributed by atoms with Crippen molar-refractivity contribution in [2.75, 3.05) is 4.90 Å². The lowest BCUT2D eigenvalue weighted by atomic mass is 9.90. The molecule has 1 aromatic heterocycles. The van der Waals surface area contributed by atoms with Crippen LogP contribution in [0.2, 0.25) is 0 Å². The Kier molecular flexibility index (Phi) is 8.53. The fourth-order valence-electron chi connectivity index (χ4n) is 9.92. The van der Waals surface area contributed by atoms with Crippen molar-refractivity contribution in [2.24, 2.45) is 0 Å². The van der Waals surface area contributed by atoms with E-state index < -0.39 is 0 Å². The average molecular weight is 789 g/mol. The van der Waals surface area contributed by atoms with Crippen LogP contribution < -0.4 is 4.90 Å². The lowest BCUT2D eigenvalue weighted by molar-refractivity contribution is 1.18. The number of benzene rings is 11. The number of fused-ring (bicyclic) bond motifs is 7. The van der Waals surface area contributed by atoms with Crippen LogP contribution in [0.15, 0.2) is 243 Å². The fraction of sp³-hybridized carbons (Fsp3) is 0. The molecular weight excluding hydrogens is 749 g/mol. The summed E-state index contributed by atoms with van der Waals surface area (Å²) < 4.78 is 2.41. The maximum atomic E-state index is 2.54. The molecule has 12 aromatic rings. The first-order valence-electron chi connectivity index (χ1n) is 21.4. The molecule has 0 saturated heterocycles. The SMILES string of the molecule is c1ccc(-c2cccc3cccc(-c4ccccc4N(c4ccccc4-c4cccc5c4ccc4ccccc45)c4cccc5c4c4ccccc4n5-c4ccccc4)c23)cc1. The second kappa shape index (κ2) is 14.8. The highest BCUT2D eigenvalue weighted by Gasteiger charge is 2.26. The van der Waals surface area contributed by atoms with E-state index in [1.165, 1.54) is 70.9 Å². The first-order valence-corrected chi connectivity index (χ1v) is 21.4. The highest BCUT2D eigenvalue weighted by atomic mass is 15.2. The van der Waals surface area contributed by atoms with Crippen LogP contribution in [0.1, 0.15) is 0 Å². The van der Waals surface area contributed by atoms with E-state index in [9.17, 15) is 0 Å². The Hall–Kier alpha value is -8.20. The summed E-state index contributed by atoms with van der Waals surface area (Å²) >= 11 is 0. The van der Waals surface area contributed by atoms with Crippen molar-refractivity contribution in [1.29, 1.82) is 0 Å². The van der Waals surface area contributed by atoms with Gasteiger partial charge >= 0.3 is 0 Å². The van der Waals surface area contributed by atoms with Gasteiger partial charge in [0.1, 0.15) is 0 Å². The monoisotopic (exact) mass is 788 g/mol. The zero-order valence-corrected chi connectivity index (χ0v) is 34.0. The molecule has 0 bridgehead atoms. The predicted octanol–water partition coefficient (Wildman–Crippen LogP) is 16.7. The van der Waals surface area contributed by atoms with E-state index in [1.54, 1.807) is 0 Å². The second-order valence-electron chi connectivity index (χ2n) is 16.0. The van der Waals surface area contributed by atoms with Gasteiger partial charge in [0, 0.05) is 27.6 Å². The summed E-state index contributed by atoms with van der Waals surface area (Å²) in [6.07, 6.45) is 0. The molecule has 0 atom stereocenters. The molecule has 0 N–H and O–H groups in total. The molecule has 0 radical (unpaired) electrons. The van der Waals surface area contributed by atoms with Gasteiger partial charge in [0.15, 0.2) is 0 Å². The summed E-state index contributed by atoms with van der Waals surface area (Å²) in [6.45, 7) is 0. The molecule has 2 nitrogen and oxygen atoms in total. The maximum absolute atomic E-state index is 2.54. The van der Waals surface area contributed by atoms with Gasteiger partial charge in [-0.15, -0.1) is 0 Å². The number of nitrogens with zero attached hydrogens (tertiary/aromatic N) is 2. The van der Waals surface area contributed by atoms with Gasteiger partial charge in [0.05, 0.1) is 28.1 Å². The van der Waals surface area contributed by atoms with E-state index in [0.717, 1.165) is 39.4 Å². The Bertz CT molecular complexity index is 3630. The fourth-order valence-corrected chi connectivity index (χ4v) is 9.92. The minimum Gasteiger partial charge on any atom is -0.309 e.